The number of amides is 1. The normalized spacial score (nSPS) is 22.3. The van der Waals surface area contributed by atoms with E-state index in [0.29, 0.717) is 17.7 Å². The summed E-state index contributed by atoms with van der Waals surface area (Å²) in [6.45, 7) is 2.06. The molecule has 4 N–H and O–H groups in total. The molecule has 0 aliphatic heterocycles. The SMILES string of the molecule is Cc1ccc(Nc2cnccc2C(=O)NCC2CCCC(O)C2O)c(F)c1. The van der Waals surface area contributed by atoms with Gasteiger partial charge in [0.25, 0.3) is 5.91 Å². The van der Waals surface area contributed by atoms with Crippen LogP contribution in [0.2, 0.25) is 0 Å². The van der Waals surface area contributed by atoms with Crippen LogP contribution in [-0.4, -0.2) is 39.9 Å². The van der Waals surface area contributed by atoms with Gasteiger partial charge in [0.2, 0.25) is 0 Å². The summed E-state index contributed by atoms with van der Waals surface area (Å²) in [6, 6.07) is 6.35. The van der Waals surface area contributed by atoms with Crippen molar-refractivity contribution in [2.75, 3.05) is 11.9 Å². The van der Waals surface area contributed by atoms with Crippen LogP contribution in [0.1, 0.15) is 35.2 Å². The number of aliphatic hydroxyl groups excluding tert-OH is 2. The zero-order valence-electron chi connectivity index (χ0n) is 15.2. The Hall–Kier alpha value is -2.51. The third kappa shape index (κ3) is 4.61. The van der Waals surface area contributed by atoms with Gasteiger partial charge < -0.3 is 20.8 Å². The van der Waals surface area contributed by atoms with Gasteiger partial charge in [-0.25, -0.2) is 4.39 Å². The minimum absolute atomic E-state index is 0.189. The third-order valence-electron chi connectivity index (χ3n) is 4.94. The summed E-state index contributed by atoms with van der Waals surface area (Å²) in [6.07, 6.45) is 3.51. The highest BCUT2D eigenvalue weighted by molar-refractivity contribution is 6.00. The van der Waals surface area contributed by atoms with Crippen LogP contribution in [0, 0.1) is 18.7 Å². The molecule has 3 unspecified atom stereocenters. The lowest BCUT2D eigenvalue weighted by Crippen LogP contribution is -2.43. The molecule has 1 aliphatic carbocycles. The van der Waals surface area contributed by atoms with Gasteiger partial charge in [-0.1, -0.05) is 12.5 Å². The van der Waals surface area contributed by atoms with Crippen LogP contribution in [-0.2, 0) is 0 Å². The fraction of sp³-hybridized carbons (Fsp3) is 0.400. The Morgan fingerprint density at radius 1 is 1.26 bits per heavy atom. The van der Waals surface area contributed by atoms with Gasteiger partial charge in [0.1, 0.15) is 5.82 Å². The predicted octanol–water partition coefficient (Wildman–Crippen LogP) is 2.52. The van der Waals surface area contributed by atoms with E-state index in [9.17, 15) is 19.4 Å². The maximum atomic E-state index is 14.1. The second kappa shape index (κ2) is 8.45. The van der Waals surface area contributed by atoms with Crippen LogP contribution in [0.5, 0.6) is 0 Å². The molecule has 3 atom stereocenters. The second-order valence-electron chi connectivity index (χ2n) is 6.99. The first kappa shape index (κ1) is 19.3. The molecule has 144 valence electrons. The minimum Gasteiger partial charge on any atom is -0.390 e. The number of aliphatic hydroxyl groups is 2. The predicted molar refractivity (Wildman–Crippen MR) is 100 cm³/mol. The van der Waals surface area contributed by atoms with Crippen molar-refractivity contribution in [3.8, 4) is 0 Å². The van der Waals surface area contributed by atoms with Crippen molar-refractivity contribution < 1.29 is 19.4 Å². The van der Waals surface area contributed by atoms with Crippen LogP contribution in [0.4, 0.5) is 15.8 Å². The van der Waals surface area contributed by atoms with Gasteiger partial charge in [-0.2, -0.15) is 0 Å². The standard InChI is InChI=1S/C20H24FN3O3/c1-12-5-6-16(15(21)9-12)24-17-11-22-8-7-14(17)20(27)23-10-13-3-2-4-18(25)19(13)26/h5-9,11,13,18-19,24-26H,2-4,10H2,1H3,(H,23,27). The maximum Gasteiger partial charge on any atom is 0.253 e. The molecule has 0 spiro atoms. The number of rotatable bonds is 5. The molecule has 6 nitrogen and oxygen atoms in total. The summed E-state index contributed by atoms with van der Waals surface area (Å²) in [5.74, 6) is -0.949. The Kier molecular flexibility index (Phi) is 6.03. The Balaban J connectivity index is 1.70. The number of aromatic nitrogens is 1. The molecular weight excluding hydrogens is 349 g/mol. The number of nitrogens with zero attached hydrogens (tertiary/aromatic N) is 1. The Bertz CT molecular complexity index is 815. The second-order valence-corrected chi connectivity index (χ2v) is 6.99. The average Bonchev–Trinajstić information content (AvgIpc) is 2.65. The Morgan fingerprint density at radius 2 is 2.07 bits per heavy atom. The molecule has 0 saturated heterocycles. The lowest BCUT2D eigenvalue weighted by molar-refractivity contribution is -0.0434. The van der Waals surface area contributed by atoms with Crippen molar-refractivity contribution in [3.63, 3.8) is 0 Å². The molecule has 1 aromatic heterocycles. The number of aryl methyl sites for hydroxylation is 1. The molecule has 27 heavy (non-hydrogen) atoms. The van der Waals surface area contributed by atoms with Crippen LogP contribution in [0.15, 0.2) is 36.7 Å². The lowest BCUT2D eigenvalue weighted by Gasteiger charge is -2.31. The number of nitrogens with one attached hydrogen (secondary N) is 2. The van der Waals surface area contributed by atoms with E-state index in [4.69, 9.17) is 0 Å². The Labute approximate surface area is 157 Å². The van der Waals surface area contributed by atoms with E-state index in [1.54, 1.807) is 25.1 Å². The first-order chi connectivity index (χ1) is 13.0. The number of anilines is 2. The van der Waals surface area contributed by atoms with Gasteiger partial charge in [-0.3, -0.25) is 9.78 Å². The number of benzene rings is 1. The first-order valence-electron chi connectivity index (χ1n) is 9.07. The lowest BCUT2D eigenvalue weighted by atomic mass is 9.84. The number of halogens is 1. The molecule has 1 saturated carbocycles. The van der Waals surface area contributed by atoms with E-state index in [0.717, 1.165) is 18.4 Å². The van der Waals surface area contributed by atoms with Gasteiger partial charge in [-0.15, -0.1) is 0 Å². The van der Waals surface area contributed by atoms with Gasteiger partial charge >= 0.3 is 0 Å². The zero-order valence-corrected chi connectivity index (χ0v) is 15.2. The number of hydrogen-bond acceptors (Lipinski definition) is 5. The largest absolute Gasteiger partial charge is 0.390 e. The molecular formula is C20H24FN3O3. The molecule has 1 aromatic carbocycles. The number of pyridine rings is 1. The quantitative estimate of drug-likeness (QED) is 0.646. The van der Waals surface area contributed by atoms with Crippen molar-refractivity contribution in [3.05, 3.63) is 53.6 Å². The summed E-state index contributed by atoms with van der Waals surface area (Å²) in [7, 11) is 0. The monoisotopic (exact) mass is 373 g/mol. The fourth-order valence-corrected chi connectivity index (χ4v) is 3.35. The smallest absolute Gasteiger partial charge is 0.253 e. The van der Waals surface area contributed by atoms with Crippen molar-refractivity contribution in [1.29, 1.82) is 0 Å². The van der Waals surface area contributed by atoms with E-state index in [-0.39, 0.29) is 24.1 Å². The highest BCUT2D eigenvalue weighted by Gasteiger charge is 2.30. The molecule has 1 amide bonds. The van der Waals surface area contributed by atoms with Crippen LogP contribution in [0.25, 0.3) is 0 Å². The molecule has 7 heteroatoms. The molecule has 3 rings (SSSR count). The molecule has 2 aromatic rings. The topological polar surface area (TPSA) is 94.5 Å². The van der Waals surface area contributed by atoms with E-state index < -0.39 is 18.0 Å². The van der Waals surface area contributed by atoms with Crippen LogP contribution < -0.4 is 10.6 Å². The van der Waals surface area contributed by atoms with Crippen LogP contribution >= 0.6 is 0 Å². The minimum atomic E-state index is -0.837. The average molecular weight is 373 g/mol. The highest BCUT2D eigenvalue weighted by Crippen LogP contribution is 2.25. The first-order valence-corrected chi connectivity index (χ1v) is 9.07. The number of carbonyl (C=O) groups excluding carboxylic acids is 1. The van der Waals surface area contributed by atoms with Crippen molar-refractivity contribution in [1.82, 2.24) is 10.3 Å². The Morgan fingerprint density at radius 3 is 2.85 bits per heavy atom. The molecule has 1 heterocycles. The summed E-state index contributed by atoms with van der Waals surface area (Å²) in [5, 5.41) is 25.5. The fourth-order valence-electron chi connectivity index (χ4n) is 3.35. The van der Waals surface area contributed by atoms with Crippen LogP contribution in [0.3, 0.4) is 0 Å². The summed E-state index contributed by atoms with van der Waals surface area (Å²) >= 11 is 0. The highest BCUT2D eigenvalue weighted by atomic mass is 19.1. The van der Waals surface area contributed by atoms with Crippen molar-refractivity contribution >= 4 is 17.3 Å². The summed E-state index contributed by atoms with van der Waals surface area (Å²) < 4.78 is 14.1. The van der Waals surface area contributed by atoms with E-state index in [1.807, 2.05) is 0 Å². The van der Waals surface area contributed by atoms with Gasteiger partial charge in [0, 0.05) is 18.7 Å². The van der Waals surface area contributed by atoms with E-state index in [1.165, 1.54) is 18.5 Å². The molecule has 0 radical (unpaired) electrons. The van der Waals surface area contributed by atoms with Gasteiger partial charge in [0.15, 0.2) is 0 Å². The third-order valence-corrected chi connectivity index (χ3v) is 4.94. The summed E-state index contributed by atoms with van der Waals surface area (Å²) in [5.41, 5.74) is 1.78. The summed E-state index contributed by atoms with van der Waals surface area (Å²) in [4.78, 5) is 16.6. The van der Waals surface area contributed by atoms with E-state index >= 15 is 0 Å². The van der Waals surface area contributed by atoms with Crippen molar-refractivity contribution in [2.45, 2.75) is 38.4 Å². The van der Waals surface area contributed by atoms with Gasteiger partial charge in [-0.05, 0) is 43.5 Å². The molecule has 0 bridgehead atoms. The maximum absolute atomic E-state index is 14.1. The number of hydrogen-bond donors (Lipinski definition) is 4. The zero-order chi connectivity index (χ0) is 19.4. The van der Waals surface area contributed by atoms with E-state index in [2.05, 4.69) is 15.6 Å². The number of carbonyl (C=O) groups is 1. The molecule has 1 aliphatic rings. The van der Waals surface area contributed by atoms with Crippen molar-refractivity contribution in [2.24, 2.45) is 5.92 Å². The van der Waals surface area contributed by atoms with Gasteiger partial charge in [0.05, 0.1) is 35.3 Å². The molecule has 1 fully saturated rings.